The maximum Gasteiger partial charge on any atom is 0.0485 e. The minimum absolute atomic E-state index is 0.553. The number of benzene rings is 1. The van der Waals surface area contributed by atoms with Gasteiger partial charge in [-0.1, -0.05) is 12.5 Å². The van der Waals surface area contributed by atoms with Crippen LogP contribution in [0.5, 0.6) is 0 Å². The largest absolute Gasteiger partial charge is 0.382 e. The van der Waals surface area contributed by atoms with Gasteiger partial charge in [0.25, 0.3) is 0 Å². The lowest BCUT2D eigenvalue weighted by Crippen LogP contribution is -2.36. The van der Waals surface area contributed by atoms with E-state index >= 15 is 0 Å². The van der Waals surface area contributed by atoms with Gasteiger partial charge in [-0.3, -0.25) is 0 Å². The van der Waals surface area contributed by atoms with Gasteiger partial charge in [0.05, 0.1) is 0 Å². The van der Waals surface area contributed by atoms with Crippen LogP contribution in [0.4, 0.5) is 11.4 Å². The van der Waals surface area contributed by atoms with Crippen molar-refractivity contribution in [2.45, 2.75) is 38.1 Å². The number of hydrogen-bond acceptors (Lipinski definition) is 4. The van der Waals surface area contributed by atoms with Crippen LogP contribution < -0.4 is 10.2 Å². The zero-order chi connectivity index (χ0) is 15.9. The summed E-state index contributed by atoms with van der Waals surface area (Å²) in [6.45, 7) is 6.59. The summed E-state index contributed by atoms with van der Waals surface area (Å²) in [5.74, 6) is 0. The molecule has 0 aromatic heterocycles. The molecule has 128 valence electrons. The first kappa shape index (κ1) is 16.6. The molecule has 1 aromatic rings. The Hall–Kier alpha value is -1.26. The molecule has 2 heterocycles. The summed E-state index contributed by atoms with van der Waals surface area (Å²) < 4.78 is 5.44. The molecule has 0 amide bonds. The Bertz CT molecular complexity index is 467. The number of hydrogen-bond donors (Lipinski definition) is 1. The van der Waals surface area contributed by atoms with Crippen LogP contribution in [0.2, 0.25) is 0 Å². The van der Waals surface area contributed by atoms with E-state index in [2.05, 4.69) is 46.4 Å². The fraction of sp³-hybridized carbons (Fsp3) is 0.684. The lowest BCUT2D eigenvalue weighted by atomic mass is 10.1. The van der Waals surface area contributed by atoms with E-state index in [1.807, 2.05) is 0 Å². The molecule has 2 fully saturated rings. The van der Waals surface area contributed by atoms with Crippen molar-refractivity contribution < 1.29 is 4.74 Å². The summed E-state index contributed by atoms with van der Waals surface area (Å²) in [7, 11) is 2.21. The predicted molar refractivity (Wildman–Crippen MR) is 97.5 cm³/mol. The molecule has 0 saturated carbocycles. The SMILES string of the molecule is CN(CCN1CCCCC1)c1cccc(NC2CCOCC2)c1. The number of piperidine rings is 1. The second-order valence-corrected chi connectivity index (χ2v) is 6.91. The van der Waals surface area contributed by atoms with Crippen molar-refractivity contribution >= 4 is 11.4 Å². The van der Waals surface area contributed by atoms with Gasteiger partial charge in [0.2, 0.25) is 0 Å². The molecule has 2 aliphatic heterocycles. The topological polar surface area (TPSA) is 27.7 Å². The Morgan fingerprint density at radius 3 is 2.74 bits per heavy atom. The summed E-state index contributed by atoms with van der Waals surface area (Å²) in [5.41, 5.74) is 2.54. The maximum absolute atomic E-state index is 5.44. The summed E-state index contributed by atoms with van der Waals surface area (Å²) >= 11 is 0. The highest BCUT2D eigenvalue weighted by Gasteiger charge is 2.14. The van der Waals surface area contributed by atoms with Gasteiger partial charge in [0.1, 0.15) is 0 Å². The minimum atomic E-state index is 0.553. The van der Waals surface area contributed by atoms with E-state index in [0.717, 1.165) is 32.6 Å². The first-order valence-electron chi connectivity index (χ1n) is 9.19. The second-order valence-electron chi connectivity index (χ2n) is 6.91. The van der Waals surface area contributed by atoms with E-state index in [9.17, 15) is 0 Å². The predicted octanol–water partition coefficient (Wildman–Crippen LogP) is 3.20. The van der Waals surface area contributed by atoms with E-state index in [1.165, 1.54) is 50.3 Å². The van der Waals surface area contributed by atoms with Crippen LogP contribution in [0.1, 0.15) is 32.1 Å². The smallest absolute Gasteiger partial charge is 0.0485 e. The zero-order valence-corrected chi connectivity index (χ0v) is 14.5. The number of ether oxygens (including phenoxy) is 1. The molecule has 3 rings (SSSR count). The highest BCUT2D eigenvalue weighted by Crippen LogP contribution is 2.21. The summed E-state index contributed by atoms with van der Waals surface area (Å²) in [5, 5.41) is 3.66. The molecule has 0 aliphatic carbocycles. The number of likely N-dealkylation sites (N-methyl/N-ethyl adjacent to an activating group) is 1. The first-order chi connectivity index (χ1) is 11.3. The molecule has 4 heteroatoms. The molecule has 23 heavy (non-hydrogen) atoms. The van der Waals surface area contributed by atoms with Crippen molar-refractivity contribution in [3.63, 3.8) is 0 Å². The summed E-state index contributed by atoms with van der Waals surface area (Å²) in [6, 6.07) is 9.39. The van der Waals surface area contributed by atoms with Crippen LogP contribution in [0, 0.1) is 0 Å². The number of nitrogens with one attached hydrogen (secondary N) is 1. The van der Waals surface area contributed by atoms with Crippen molar-refractivity contribution in [1.29, 1.82) is 0 Å². The molecule has 0 atom stereocenters. The lowest BCUT2D eigenvalue weighted by Gasteiger charge is -2.29. The number of rotatable bonds is 6. The van der Waals surface area contributed by atoms with Crippen LogP contribution in [0.25, 0.3) is 0 Å². The van der Waals surface area contributed by atoms with Gasteiger partial charge in [-0.25, -0.2) is 0 Å². The quantitative estimate of drug-likeness (QED) is 0.872. The van der Waals surface area contributed by atoms with E-state index in [4.69, 9.17) is 4.74 Å². The molecule has 1 aromatic carbocycles. The Morgan fingerprint density at radius 2 is 1.96 bits per heavy atom. The Morgan fingerprint density at radius 1 is 1.17 bits per heavy atom. The molecule has 0 unspecified atom stereocenters. The van der Waals surface area contributed by atoms with Crippen LogP contribution >= 0.6 is 0 Å². The highest BCUT2D eigenvalue weighted by atomic mass is 16.5. The molecule has 0 bridgehead atoms. The average Bonchev–Trinajstić information content (AvgIpc) is 2.62. The Balaban J connectivity index is 1.50. The van der Waals surface area contributed by atoms with Crippen molar-refractivity contribution in [3.05, 3.63) is 24.3 Å². The van der Waals surface area contributed by atoms with Crippen molar-refractivity contribution in [1.82, 2.24) is 4.90 Å². The Kier molecular flexibility index (Phi) is 6.17. The first-order valence-corrected chi connectivity index (χ1v) is 9.19. The summed E-state index contributed by atoms with van der Waals surface area (Å²) in [4.78, 5) is 4.98. The maximum atomic E-state index is 5.44. The molecule has 2 aliphatic rings. The van der Waals surface area contributed by atoms with Crippen LogP contribution in [-0.4, -0.2) is 57.4 Å². The molecule has 1 N–H and O–H groups in total. The third kappa shape index (κ3) is 5.11. The fourth-order valence-electron chi connectivity index (χ4n) is 3.51. The van der Waals surface area contributed by atoms with Gasteiger partial charge in [-0.15, -0.1) is 0 Å². The van der Waals surface area contributed by atoms with Gasteiger partial charge in [0.15, 0.2) is 0 Å². The molecular formula is C19H31N3O. The van der Waals surface area contributed by atoms with Crippen molar-refractivity contribution in [2.75, 3.05) is 56.7 Å². The fourth-order valence-corrected chi connectivity index (χ4v) is 3.51. The number of likely N-dealkylation sites (tertiary alicyclic amines) is 1. The van der Waals surface area contributed by atoms with Gasteiger partial charge in [0, 0.05) is 50.8 Å². The molecule has 0 spiro atoms. The third-order valence-corrected chi connectivity index (χ3v) is 5.08. The minimum Gasteiger partial charge on any atom is -0.382 e. The van der Waals surface area contributed by atoms with Gasteiger partial charge >= 0.3 is 0 Å². The zero-order valence-electron chi connectivity index (χ0n) is 14.5. The standard InChI is InChI=1S/C19H31N3O/c1-21(12-13-22-10-3-2-4-11-22)19-7-5-6-18(16-19)20-17-8-14-23-15-9-17/h5-7,16-17,20H,2-4,8-15H2,1H3. The number of anilines is 2. The average molecular weight is 317 g/mol. The lowest BCUT2D eigenvalue weighted by molar-refractivity contribution is 0.0904. The van der Waals surface area contributed by atoms with E-state index < -0.39 is 0 Å². The van der Waals surface area contributed by atoms with Crippen LogP contribution in [0.15, 0.2) is 24.3 Å². The van der Waals surface area contributed by atoms with Gasteiger partial charge in [-0.05, 0) is 57.0 Å². The molecule has 2 saturated heterocycles. The van der Waals surface area contributed by atoms with Gasteiger partial charge < -0.3 is 19.9 Å². The third-order valence-electron chi connectivity index (χ3n) is 5.08. The second kappa shape index (κ2) is 8.55. The summed E-state index contributed by atoms with van der Waals surface area (Å²) in [6.07, 6.45) is 6.36. The highest BCUT2D eigenvalue weighted by molar-refractivity contribution is 5.58. The van der Waals surface area contributed by atoms with E-state index in [1.54, 1.807) is 0 Å². The van der Waals surface area contributed by atoms with Crippen molar-refractivity contribution in [2.24, 2.45) is 0 Å². The van der Waals surface area contributed by atoms with E-state index in [-0.39, 0.29) is 0 Å². The van der Waals surface area contributed by atoms with Crippen LogP contribution in [-0.2, 0) is 4.74 Å². The van der Waals surface area contributed by atoms with E-state index in [0.29, 0.717) is 6.04 Å². The monoisotopic (exact) mass is 317 g/mol. The Labute approximate surface area is 140 Å². The number of nitrogens with zero attached hydrogens (tertiary/aromatic N) is 2. The van der Waals surface area contributed by atoms with Gasteiger partial charge in [-0.2, -0.15) is 0 Å². The normalized spacial score (nSPS) is 20.4. The van der Waals surface area contributed by atoms with Crippen LogP contribution in [0.3, 0.4) is 0 Å². The molecule has 0 radical (unpaired) electrons. The molecule has 4 nitrogen and oxygen atoms in total. The van der Waals surface area contributed by atoms with Crippen molar-refractivity contribution in [3.8, 4) is 0 Å². The molecular weight excluding hydrogens is 286 g/mol.